The van der Waals surface area contributed by atoms with Gasteiger partial charge in [0, 0.05) is 36.5 Å². The Morgan fingerprint density at radius 3 is 2.50 bits per heavy atom. The molecular weight excluding hydrogens is 358 g/mol. The van der Waals surface area contributed by atoms with Gasteiger partial charge in [-0.1, -0.05) is 24.3 Å². The predicted molar refractivity (Wildman–Crippen MR) is 106 cm³/mol. The first-order valence-electron chi connectivity index (χ1n) is 9.27. The first-order valence-corrected chi connectivity index (χ1v) is 9.27. The van der Waals surface area contributed by atoms with E-state index in [1.807, 2.05) is 18.2 Å². The number of carbonyl (C=O) groups excluding carboxylic acids is 3. The monoisotopic (exact) mass is 381 g/mol. The molecule has 0 saturated carbocycles. The minimum atomic E-state index is -0.430. The number of para-hydroxylation sites is 1. The average Bonchev–Trinajstić information content (AvgIpc) is 3.24. The number of ether oxygens (including phenoxy) is 1. The highest BCUT2D eigenvalue weighted by atomic mass is 16.5. The maximum atomic E-state index is 12.3. The van der Waals surface area contributed by atoms with Crippen molar-refractivity contribution in [3.05, 3.63) is 60.2 Å². The molecule has 1 saturated heterocycles. The molecule has 1 aliphatic heterocycles. The van der Waals surface area contributed by atoms with Crippen molar-refractivity contribution in [3.63, 3.8) is 0 Å². The summed E-state index contributed by atoms with van der Waals surface area (Å²) in [6, 6.07) is 15.8. The van der Waals surface area contributed by atoms with E-state index >= 15 is 0 Å². The number of benzene rings is 2. The van der Waals surface area contributed by atoms with Crippen LogP contribution in [0.1, 0.15) is 29.6 Å². The van der Waals surface area contributed by atoms with Crippen LogP contribution in [0.5, 0.6) is 0 Å². The maximum absolute atomic E-state index is 12.3. The zero-order valence-electron chi connectivity index (χ0n) is 15.4. The molecule has 1 atom stereocenters. The molecule has 3 amide bonds. The Hall–Kier alpha value is -3.19. The third-order valence-corrected chi connectivity index (χ3v) is 4.31. The Kier molecular flexibility index (Phi) is 6.75. The number of hydrogen-bond donors (Lipinski definition) is 3. The molecule has 28 heavy (non-hydrogen) atoms. The van der Waals surface area contributed by atoms with Gasteiger partial charge >= 0.3 is 0 Å². The Morgan fingerprint density at radius 2 is 1.75 bits per heavy atom. The standard InChI is InChI=1S/C21H23N3O4/c25-19(23-16-7-2-1-3-8-16)11-12-22-20(26)15-6-4-9-17(14-15)24-21(27)18-10-5-13-28-18/h1-4,6-9,14,18H,5,10-13H2,(H,22,26)(H,23,25)(H,24,27). The molecule has 2 aromatic carbocycles. The SMILES string of the molecule is O=C(CCNC(=O)c1cccc(NC(=O)C2CCCO2)c1)Nc1ccccc1. The maximum Gasteiger partial charge on any atom is 0.253 e. The lowest BCUT2D eigenvalue weighted by atomic mass is 10.1. The van der Waals surface area contributed by atoms with E-state index in [0.717, 1.165) is 6.42 Å². The summed E-state index contributed by atoms with van der Waals surface area (Å²) in [5, 5.41) is 8.25. The summed E-state index contributed by atoms with van der Waals surface area (Å²) in [6.45, 7) is 0.808. The van der Waals surface area contributed by atoms with E-state index in [1.54, 1.807) is 36.4 Å². The van der Waals surface area contributed by atoms with Crippen molar-refractivity contribution in [2.75, 3.05) is 23.8 Å². The number of hydrogen-bond acceptors (Lipinski definition) is 4. The van der Waals surface area contributed by atoms with Crippen LogP contribution in [-0.2, 0) is 14.3 Å². The lowest BCUT2D eigenvalue weighted by Crippen LogP contribution is -2.28. The van der Waals surface area contributed by atoms with Gasteiger partial charge in [-0.3, -0.25) is 14.4 Å². The Labute approximate surface area is 163 Å². The summed E-state index contributed by atoms with van der Waals surface area (Å²) >= 11 is 0. The van der Waals surface area contributed by atoms with Crippen LogP contribution in [0, 0.1) is 0 Å². The Morgan fingerprint density at radius 1 is 0.964 bits per heavy atom. The minimum Gasteiger partial charge on any atom is -0.368 e. The number of carbonyl (C=O) groups is 3. The van der Waals surface area contributed by atoms with Crippen LogP contribution in [0.3, 0.4) is 0 Å². The van der Waals surface area contributed by atoms with Crippen molar-refractivity contribution < 1.29 is 19.1 Å². The van der Waals surface area contributed by atoms with Crippen LogP contribution in [0.25, 0.3) is 0 Å². The van der Waals surface area contributed by atoms with Gasteiger partial charge in [0.2, 0.25) is 5.91 Å². The fourth-order valence-corrected chi connectivity index (χ4v) is 2.88. The van der Waals surface area contributed by atoms with Crippen molar-refractivity contribution in [2.45, 2.75) is 25.4 Å². The van der Waals surface area contributed by atoms with Gasteiger partial charge in [0.05, 0.1) is 0 Å². The highest BCUT2D eigenvalue weighted by molar-refractivity contribution is 5.98. The van der Waals surface area contributed by atoms with Gasteiger partial charge in [-0.2, -0.15) is 0 Å². The van der Waals surface area contributed by atoms with Crippen molar-refractivity contribution >= 4 is 29.1 Å². The summed E-state index contributed by atoms with van der Waals surface area (Å²) < 4.78 is 5.35. The van der Waals surface area contributed by atoms with E-state index in [0.29, 0.717) is 30.0 Å². The molecular formula is C21H23N3O4. The predicted octanol–water partition coefficient (Wildman–Crippen LogP) is 2.56. The zero-order chi connectivity index (χ0) is 19.8. The van der Waals surface area contributed by atoms with E-state index in [9.17, 15) is 14.4 Å². The van der Waals surface area contributed by atoms with Gasteiger partial charge in [-0.15, -0.1) is 0 Å². The van der Waals surface area contributed by atoms with E-state index in [2.05, 4.69) is 16.0 Å². The quantitative estimate of drug-likeness (QED) is 0.687. The summed E-state index contributed by atoms with van der Waals surface area (Å²) in [7, 11) is 0. The van der Waals surface area contributed by atoms with Crippen LogP contribution < -0.4 is 16.0 Å². The highest BCUT2D eigenvalue weighted by Gasteiger charge is 2.23. The molecule has 1 fully saturated rings. The number of amides is 3. The second-order valence-electron chi connectivity index (χ2n) is 6.49. The third-order valence-electron chi connectivity index (χ3n) is 4.31. The fraction of sp³-hybridized carbons (Fsp3) is 0.286. The molecule has 0 aliphatic carbocycles. The molecule has 0 radical (unpaired) electrons. The summed E-state index contributed by atoms with van der Waals surface area (Å²) in [6.07, 6.45) is 1.31. The second-order valence-corrected chi connectivity index (χ2v) is 6.49. The largest absolute Gasteiger partial charge is 0.368 e. The van der Waals surface area contributed by atoms with Crippen molar-refractivity contribution in [1.82, 2.24) is 5.32 Å². The molecule has 1 unspecified atom stereocenters. The fourth-order valence-electron chi connectivity index (χ4n) is 2.88. The topological polar surface area (TPSA) is 96.5 Å². The lowest BCUT2D eigenvalue weighted by Gasteiger charge is -2.11. The average molecular weight is 381 g/mol. The van der Waals surface area contributed by atoms with Gasteiger partial charge in [-0.25, -0.2) is 0 Å². The minimum absolute atomic E-state index is 0.163. The molecule has 1 aliphatic rings. The van der Waals surface area contributed by atoms with Gasteiger partial charge < -0.3 is 20.7 Å². The van der Waals surface area contributed by atoms with Crippen molar-refractivity contribution in [2.24, 2.45) is 0 Å². The van der Waals surface area contributed by atoms with E-state index < -0.39 is 6.10 Å². The van der Waals surface area contributed by atoms with Crippen LogP contribution in [-0.4, -0.2) is 37.0 Å². The molecule has 7 heteroatoms. The molecule has 2 aromatic rings. The molecule has 1 heterocycles. The normalized spacial score (nSPS) is 15.6. The van der Waals surface area contributed by atoms with Gasteiger partial charge in [0.15, 0.2) is 0 Å². The third kappa shape index (κ3) is 5.65. The highest BCUT2D eigenvalue weighted by Crippen LogP contribution is 2.16. The second kappa shape index (κ2) is 9.66. The number of nitrogens with one attached hydrogen (secondary N) is 3. The summed E-state index contributed by atoms with van der Waals surface area (Å²) in [5.74, 6) is -0.683. The zero-order valence-corrected chi connectivity index (χ0v) is 15.4. The van der Waals surface area contributed by atoms with Crippen molar-refractivity contribution in [1.29, 1.82) is 0 Å². The first-order chi connectivity index (χ1) is 13.6. The smallest absolute Gasteiger partial charge is 0.253 e. The molecule has 0 aromatic heterocycles. The Bertz CT molecular complexity index is 833. The summed E-state index contributed by atoms with van der Waals surface area (Å²) in [4.78, 5) is 36.3. The Balaban J connectivity index is 1.46. The molecule has 146 valence electrons. The molecule has 0 bridgehead atoms. The molecule has 0 spiro atoms. The number of rotatable bonds is 7. The van der Waals surface area contributed by atoms with Crippen LogP contribution in [0.4, 0.5) is 11.4 Å². The van der Waals surface area contributed by atoms with Gasteiger partial charge in [0.25, 0.3) is 11.8 Å². The molecule has 3 rings (SSSR count). The molecule has 7 nitrogen and oxygen atoms in total. The molecule has 3 N–H and O–H groups in total. The van der Waals surface area contributed by atoms with Gasteiger partial charge in [-0.05, 0) is 43.2 Å². The van der Waals surface area contributed by atoms with Crippen LogP contribution >= 0.6 is 0 Å². The van der Waals surface area contributed by atoms with Crippen LogP contribution in [0.15, 0.2) is 54.6 Å². The van der Waals surface area contributed by atoms with Gasteiger partial charge in [0.1, 0.15) is 6.10 Å². The van der Waals surface area contributed by atoms with E-state index in [4.69, 9.17) is 4.74 Å². The lowest BCUT2D eigenvalue weighted by molar-refractivity contribution is -0.124. The van der Waals surface area contributed by atoms with Crippen molar-refractivity contribution in [3.8, 4) is 0 Å². The van der Waals surface area contributed by atoms with E-state index in [-0.39, 0.29) is 30.7 Å². The summed E-state index contributed by atoms with van der Waals surface area (Å²) in [5.41, 5.74) is 1.66. The first kappa shape index (κ1) is 19.6. The number of anilines is 2. The van der Waals surface area contributed by atoms with Crippen LogP contribution in [0.2, 0.25) is 0 Å². The van der Waals surface area contributed by atoms with E-state index in [1.165, 1.54) is 0 Å².